The number of nitrogens with zero attached hydrogens (tertiary/aromatic N) is 1. The van der Waals surface area contributed by atoms with Gasteiger partial charge in [0.25, 0.3) is 11.0 Å². The molecule has 0 spiro atoms. The van der Waals surface area contributed by atoms with Gasteiger partial charge in [-0.2, -0.15) is 0 Å². The lowest BCUT2D eigenvalue weighted by Gasteiger charge is -2.44. The highest BCUT2D eigenvalue weighted by Crippen LogP contribution is 2.31. The average molecular weight is 986 g/mol. The van der Waals surface area contributed by atoms with E-state index in [2.05, 4.69) is 22.0 Å². The van der Waals surface area contributed by atoms with Crippen LogP contribution >= 0.6 is 27.3 Å². The number of hydrogen-bond acceptors (Lipinski definition) is 2. The quantitative estimate of drug-likeness (QED) is 0.0533. The van der Waals surface area contributed by atoms with E-state index in [-0.39, 0.29) is 0 Å². The van der Waals surface area contributed by atoms with Gasteiger partial charge >= 0.3 is 0 Å². The summed E-state index contributed by atoms with van der Waals surface area (Å²) >= 11 is 5.07. The van der Waals surface area contributed by atoms with Crippen LogP contribution in [0.4, 0.5) is 87.8 Å². The minimum Gasteiger partial charge on any atom is -0.230 e. The first-order chi connectivity index (χ1) is 29.0. The van der Waals surface area contributed by atoms with E-state index in [0.717, 1.165) is 15.7 Å². The Morgan fingerprint density at radius 3 is 0.952 bits per heavy atom. The Morgan fingerprint density at radius 1 is 0.371 bits per heavy atom. The van der Waals surface area contributed by atoms with Gasteiger partial charge in [0.2, 0.25) is 5.75 Å². The maximum atomic E-state index is 15.4. The monoisotopic (exact) mass is 985 g/mol. The van der Waals surface area contributed by atoms with Crippen LogP contribution in [0.1, 0.15) is 0 Å². The Morgan fingerprint density at radius 2 is 0.645 bits per heavy atom. The van der Waals surface area contributed by atoms with E-state index in [9.17, 15) is 52.7 Å². The molecular formula is C37H9BBrF20NOS. The molecule has 0 N–H and O–H groups in total. The highest BCUT2D eigenvalue weighted by Gasteiger charge is 2.52. The topological polar surface area (TPSA) is 13.1 Å². The number of fused-ring (bicyclic) bond motifs is 1. The SMILES string of the molecule is Brc1ccc(O[n+]2csc3ccccc32)cc1.Fc1c(F)c(F)c([B-](c2c(F)c(F)c(F)c(F)c2F)(c2c(F)c(F)c(F)c(F)c2F)c2c(F)c(F)c(F)c(F)c2F)c(F)c1F. The molecule has 6 aromatic carbocycles. The van der Waals surface area contributed by atoms with Crippen molar-refractivity contribution in [3.63, 3.8) is 0 Å². The van der Waals surface area contributed by atoms with Crippen LogP contribution in [0, 0.1) is 116 Å². The van der Waals surface area contributed by atoms with E-state index in [4.69, 9.17) is 4.84 Å². The van der Waals surface area contributed by atoms with Crippen LogP contribution in [-0.4, -0.2) is 6.15 Å². The van der Waals surface area contributed by atoms with E-state index < -0.39 is 144 Å². The molecule has 0 aliphatic heterocycles. The maximum Gasteiger partial charge on any atom is 0.278 e. The third kappa shape index (κ3) is 6.97. The molecule has 25 heteroatoms. The van der Waals surface area contributed by atoms with Crippen LogP contribution in [0.2, 0.25) is 0 Å². The van der Waals surface area contributed by atoms with Gasteiger partial charge in [0.1, 0.15) is 57.4 Å². The molecule has 0 atom stereocenters. The van der Waals surface area contributed by atoms with Gasteiger partial charge in [0.15, 0.2) is 69.8 Å². The Hall–Kier alpha value is -5.85. The molecule has 7 rings (SSSR count). The van der Waals surface area contributed by atoms with Crippen LogP contribution in [0.3, 0.4) is 0 Å². The van der Waals surface area contributed by atoms with Crippen LogP contribution in [0.5, 0.6) is 5.75 Å². The van der Waals surface area contributed by atoms with Gasteiger partial charge in [-0.3, -0.25) is 0 Å². The molecule has 0 radical (unpaired) electrons. The van der Waals surface area contributed by atoms with Crippen molar-refractivity contribution in [2.75, 3.05) is 0 Å². The van der Waals surface area contributed by atoms with Crippen LogP contribution in [-0.2, 0) is 0 Å². The Labute approximate surface area is 342 Å². The zero-order valence-electron chi connectivity index (χ0n) is 29.0. The van der Waals surface area contributed by atoms with E-state index in [1.165, 1.54) is 4.70 Å². The van der Waals surface area contributed by atoms with Gasteiger partial charge in [0, 0.05) is 15.3 Å². The van der Waals surface area contributed by atoms with E-state index in [1.807, 2.05) is 48.0 Å². The summed E-state index contributed by atoms with van der Waals surface area (Å²) in [5, 5.41) is 0. The fourth-order valence-corrected chi connectivity index (χ4v) is 7.52. The van der Waals surface area contributed by atoms with Crippen LogP contribution < -0.4 is 31.4 Å². The summed E-state index contributed by atoms with van der Waals surface area (Å²) < 4.78 is 298. The fourth-order valence-electron chi connectivity index (χ4n) is 6.45. The number of aromatic nitrogens is 1. The van der Waals surface area contributed by atoms with Gasteiger partial charge in [-0.05, 0) is 30.3 Å². The van der Waals surface area contributed by atoms with E-state index in [0.29, 0.717) is 0 Å². The molecule has 1 aromatic heterocycles. The molecule has 2 nitrogen and oxygen atoms in total. The predicted molar refractivity (Wildman–Crippen MR) is 181 cm³/mol. The minimum atomic E-state index is -7.22. The van der Waals surface area contributed by atoms with Crippen molar-refractivity contribution < 1.29 is 97.4 Å². The summed E-state index contributed by atoms with van der Waals surface area (Å²) in [6.07, 6.45) is -7.22. The lowest BCUT2D eigenvalue weighted by Crippen LogP contribution is -2.81. The number of hydrogen-bond donors (Lipinski definition) is 0. The van der Waals surface area contributed by atoms with Gasteiger partial charge in [-0.1, -0.05) is 39.4 Å². The maximum absolute atomic E-state index is 15.4. The molecule has 0 bridgehead atoms. The van der Waals surface area contributed by atoms with Gasteiger partial charge < -0.3 is 0 Å². The normalized spacial score (nSPS) is 11.6. The second-order valence-corrected chi connectivity index (χ2v) is 14.2. The largest absolute Gasteiger partial charge is 0.278 e. The molecule has 62 heavy (non-hydrogen) atoms. The first kappa shape index (κ1) is 45.7. The molecule has 7 aromatic rings. The summed E-state index contributed by atoms with van der Waals surface area (Å²) in [6, 6.07) is 16.0. The summed E-state index contributed by atoms with van der Waals surface area (Å²) in [7, 11) is 0. The molecule has 0 aliphatic carbocycles. The fraction of sp³-hybridized carbons (Fsp3) is 0. The van der Waals surface area contributed by atoms with E-state index >= 15 is 35.1 Å². The number of halogens is 21. The Kier molecular flexibility index (Phi) is 12.4. The van der Waals surface area contributed by atoms with Crippen LogP contribution in [0.25, 0.3) is 10.2 Å². The van der Waals surface area contributed by atoms with Crippen molar-refractivity contribution in [1.29, 1.82) is 0 Å². The van der Waals surface area contributed by atoms with Crippen molar-refractivity contribution in [3.05, 3.63) is 175 Å². The summed E-state index contributed by atoms with van der Waals surface area (Å²) in [4.78, 5) is 5.79. The summed E-state index contributed by atoms with van der Waals surface area (Å²) in [5.74, 6) is -70.6. The summed E-state index contributed by atoms with van der Waals surface area (Å²) in [6.45, 7) is 0. The number of para-hydroxylation sites is 1. The molecule has 0 amide bonds. The molecule has 0 saturated heterocycles. The Bertz CT molecular complexity index is 2580. The molecular weight excluding hydrogens is 977 g/mol. The zero-order chi connectivity index (χ0) is 46.0. The molecule has 1 heterocycles. The number of thiazole rings is 1. The highest BCUT2D eigenvalue weighted by molar-refractivity contribution is 9.10. The first-order valence-corrected chi connectivity index (χ1v) is 17.8. The molecule has 0 unspecified atom stereocenters. The molecule has 0 aliphatic rings. The van der Waals surface area contributed by atoms with Crippen molar-refractivity contribution >= 4 is 65.5 Å². The minimum absolute atomic E-state index is 0.821. The number of rotatable bonds is 6. The van der Waals surface area contributed by atoms with Crippen molar-refractivity contribution in [3.8, 4) is 5.75 Å². The third-order valence-corrected chi connectivity index (χ3v) is 10.5. The van der Waals surface area contributed by atoms with Gasteiger partial charge in [0.05, 0.1) is 0 Å². The second kappa shape index (κ2) is 16.8. The van der Waals surface area contributed by atoms with Crippen LogP contribution in [0.15, 0.2) is 58.5 Å². The first-order valence-electron chi connectivity index (χ1n) is 16.1. The lowest BCUT2D eigenvalue weighted by molar-refractivity contribution is -0.851. The van der Waals surface area contributed by atoms with Crippen molar-refractivity contribution in [2.45, 2.75) is 0 Å². The number of benzene rings is 6. The summed E-state index contributed by atoms with van der Waals surface area (Å²) in [5.41, 5.74) is -11.3. The van der Waals surface area contributed by atoms with Crippen molar-refractivity contribution in [2.24, 2.45) is 0 Å². The van der Waals surface area contributed by atoms with Crippen molar-refractivity contribution in [1.82, 2.24) is 0 Å². The second-order valence-electron chi connectivity index (χ2n) is 12.4. The molecule has 0 saturated carbocycles. The highest BCUT2D eigenvalue weighted by atomic mass is 79.9. The predicted octanol–water partition coefficient (Wildman–Crippen LogP) is 9.64. The Balaban J connectivity index is 0.000000311. The third-order valence-electron chi connectivity index (χ3n) is 9.10. The van der Waals surface area contributed by atoms with E-state index in [1.54, 1.807) is 16.1 Å². The van der Waals surface area contributed by atoms with Gasteiger partial charge in [-0.25, -0.2) is 92.6 Å². The van der Waals surface area contributed by atoms with Gasteiger partial charge in [-0.15, -0.1) is 21.9 Å². The molecule has 0 fully saturated rings. The zero-order valence-corrected chi connectivity index (χ0v) is 31.4. The lowest BCUT2D eigenvalue weighted by atomic mass is 9.12. The standard InChI is InChI=1S/C24BF20.C13H9BrNOS/c26-5-1(6(27)14(35)21(42)13(5)34)25(2-7(28)15(36)22(43)16(37)8(2)29,3-9(30)17(38)23(44)18(39)10(3)31)4-11(32)19(40)24(45)20(41)12(4)33;14-10-5-7-11(8-6-10)16-15-9-17-13-4-2-1-3-12(13)15/h;1-9H/q-1;+1. The smallest absolute Gasteiger partial charge is 0.230 e. The molecule has 324 valence electrons. The average Bonchev–Trinajstić information content (AvgIpc) is 3.66.